The van der Waals surface area contributed by atoms with Crippen LogP contribution in [0.5, 0.6) is 5.75 Å². The van der Waals surface area contributed by atoms with E-state index in [9.17, 15) is 31.5 Å². The summed E-state index contributed by atoms with van der Waals surface area (Å²) < 4.78 is 65.2. The first-order valence-electron chi connectivity index (χ1n) is 13.0. The molecule has 1 heterocycles. The van der Waals surface area contributed by atoms with Crippen molar-refractivity contribution in [3.05, 3.63) is 83.9 Å². The Morgan fingerprint density at radius 1 is 0.976 bits per heavy atom. The minimum absolute atomic E-state index is 0.0717. The number of alkyl halides is 3. The number of aromatic carboxylic acids is 1. The SMILES string of the molecule is CCOc1ccc(S(=O)(=O)Nc2ccc(N3CCC(Cc4ccccc4)CC3)c(C(=O)O)c2)cc1.O=C(O)C(F)(F)F. The number of anilines is 2. The highest BCUT2D eigenvalue weighted by atomic mass is 32.2. The molecule has 0 spiro atoms. The molecule has 9 nitrogen and oxygen atoms in total. The van der Waals surface area contributed by atoms with E-state index in [1.165, 1.54) is 23.8 Å². The van der Waals surface area contributed by atoms with Gasteiger partial charge < -0.3 is 19.8 Å². The Kier molecular flexibility index (Phi) is 10.8. The molecule has 0 amide bonds. The fourth-order valence-electron chi connectivity index (χ4n) is 4.47. The van der Waals surface area contributed by atoms with Crippen LogP contribution in [0.3, 0.4) is 0 Å². The Hall–Kier alpha value is -4.26. The summed E-state index contributed by atoms with van der Waals surface area (Å²) in [4.78, 5) is 23.1. The Labute approximate surface area is 241 Å². The van der Waals surface area contributed by atoms with Crippen LogP contribution in [0.2, 0.25) is 0 Å². The van der Waals surface area contributed by atoms with Gasteiger partial charge in [0.25, 0.3) is 10.0 Å². The van der Waals surface area contributed by atoms with Gasteiger partial charge in [-0.2, -0.15) is 13.2 Å². The molecule has 0 aromatic heterocycles. The Balaban J connectivity index is 0.000000616. The number of ether oxygens (including phenoxy) is 1. The van der Waals surface area contributed by atoms with Gasteiger partial charge in [0.1, 0.15) is 5.75 Å². The van der Waals surface area contributed by atoms with Crippen molar-refractivity contribution in [3.63, 3.8) is 0 Å². The maximum Gasteiger partial charge on any atom is 0.490 e. The number of carboxylic acid groups (broad SMARTS) is 2. The summed E-state index contributed by atoms with van der Waals surface area (Å²) in [5.74, 6) is -2.71. The zero-order chi connectivity index (χ0) is 30.9. The second kappa shape index (κ2) is 14.1. The lowest BCUT2D eigenvalue weighted by Crippen LogP contribution is -2.35. The number of carbonyl (C=O) groups is 2. The lowest BCUT2D eigenvalue weighted by atomic mass is 9.90. The number of sulfonamides is 1. The molecule has 0 unspecified atom stereocenters. The van der Waals surface area contributed by atoms with Gasteiger partial charge in [-0.1, -0.05) is 30.3 Å². The van der Waals surface area contributed by atoms with Crippen LogP contribution in [-0.2, 0) is 21.2 Å². The number of nitrogens with zero attached hydrogens (tertiary/aromatic N) is 1. The van der Waals surface area contributed by atoms with Crippen LogP contribution in [0.1, 0.15) is 35.7 Å². The van der Waals surface area contributed by atoms with Crippen LogP contribution in [0, 0.1) is 5.92 Å². The van der Waals surface area contributed by atoms with Crippen molar-refractivity contribution in [2.24, 2.45) is 5.92 Å². The van der Waals surface area contributed by atoms with E-state index in [-0.39, 0.29) is 16.1 Å². The molecule has 1 aliphatic heterocycles. The van der Waals surface area contributed by atoms with Crippen molar-refractivity contribution in [2.45, 2.75) is 37.3 Å². The Morgan fingerprint density at radius 2 is 1.57 bits per heavy atom. The highest BCUT2D eigenvalue weighted by molar-refractivity contribution is 7.92. The molecule has 3 aromatic rings. The minimum Gasteiger partial charge on any atom is -0.494 e. The topological polar surface area (TPSA) is 133 Å². The lowest BCUT2D eigenvalue weighted by Gasteiger charge is -2.34. The van der Waals surface area contributed by atoms with Gasteiger partial charge in [-0.05, 0) is 80.1 Å². The van der Waals surface area contributed by atoms with E-state index in [1.54, 1.807) is 24.3 Å². The van der Waals surface area contributed by atoms with Gasteiger partial charge in [0.15, 0.2) is 0 Å². The Bertz CT molecular complexity index is 1460. The number of aliphatic carboxylic acids is 1. The van der Waals surface area contributed by atoms with E-state index < -0.39 is 28.1 Å². The van der Waals surface area contributed by atoms with Crippen molar-refractivity contribution in [1.29, 1.82) is 0 Å². The van der Waals surface area contributed by atoms with E-state index in [0.717, 1.165) is 32.4 Å². The zero-order valence-electron chi connectivity index (χ0n) is 22.7. The number of benzene rings is 3. The molecule has 1 saturated heterocycles. The second-order valence-electron chi connectivity index (χ2n) is 9.47. The van der Waals surface area contributed by atoms with E-state index in [4.69, 9.17) is 14.6 Å². The zero-order valence-corrected chi connectivity index (χ0v) is 23.5. The number of hydrogen-bond acceptors (Lipinski definition) is 6. The number of nitrogens with one attached hydrogen (secondary N) is 1. The summed E-state index contributed by atoms with van der Waals surface area (Å²) in [6.45, 7) is 3.85. The molecule has 3 N–H and O–H groups in total. The minimum atomic E-state index is -5.08. The molecule has 1 fully saturated rings. The van der Waals surface area contributed by atoms with Gasteiger partial charge in [-0.15, -0.1) is 0 Å². The number of piperidine rings is 1. The van der Waals surface area contributed by atoms with Crippen molar-refractivity contribution < 1.29 is 46.1 Å². The third kappa shape index (κ3) is 9.13. The molecule has 0 aliphatic carbocycles. The molecule has 42 heavy (non-hydrogen) atoms. The summed E-state index contributed by atoms with van der Waals surface area (Å²) in [5.41, 5.74) is 2.22. The summed E-state index contributed by atoms with van der Waals surface area (Å²) in [5, 5.41) is 17.0. The van der Waals surface area contributed by atoms with Crippen LogP contribution in [0.4, 0.5) is 24.5 Å². The van der Waals surface area contributed by atoms with Gasteiger partial charge in [0.2, 0.25) is 0 Å². The summed E-state index contributed by atoms with van der Waals surface area (Å²) >= 11 is 0. The van der Waals surface area contributed by atoms with Crippen molar-refractivity contribution in [3.8, 4) is 5.75 Å². The van der Waals surface area contributed by atoms with Gasteiger partial charge in [0.05, 0.1) is 22.8 Å². The molecule has 0 atom stereocenters. The monoisotopic (exact) mass is 608 g/mol. The summed E-state index contributed by atoms with van der Waals surface area (Å²) in [7, 11) is -3.87. The van der Waals surface area contributed by atoms with Crippen molar-refractivity contribution >= 4 is 33.3 Å². The smallest absolute Gasteiger partial charge is 0.490 e. The fraction of sp³-hybridized carbons (Fsp3) is 0.310. The number of halogens is 3. The van der Waals surface area contributed by atoms with Gasteiger partial charge in [0, 0.05) is 18.8 Å². The predicted molar refractivity (Wildman–Crippen MR) is 151 cm³/mol. The van der Waals surface area contributed by atoms with Crippen LogP contribution >= 0.6 is 0 Å². The first-order chi connectivity index (χ1) is 19.8. The lowest BCUT2D eigenvalue weighted by molar-refractivity contribution is -0.192. The molecule has 3 aromatic carbocycles. The van der Waals surface area contributed by atoms with E-state index in [1.807, 2.05) is 13.0 Å². The third-order valence-corrected chi connectivity index (χ3v) is 7.89. The van der Waals surface area contributed by atoms with E-state index in [2.05, 4.69) is 33.9 Å². The standard InChI is InChI=1S/C27H30N2O5S.C2HF3O2/c1-2-34-23-9-11-24(12-10-23)35(32,33)28-22-8-13-26(25(19-22)27(30)31)29-16-14-21(15-17-29)18-20-6-4-3-5-7-20;3-2(4,5)1(6)7/h3-13,19,21,28H,2,14-18H2,1H3,(H,30,31);(H,6,7). The van der Waals surface area contributed by atoms with Gasteiger partial charge >= 0.3 is 18.1 Å². The predicted octanol–water partition coefficient (Wildman–Crippen LogP) is 5.68. The van der Waals surface area contributed by atoms with Crippen LogP contribution in [-0.4, -0.2) is 56.4 Å². The normalized spacial score (nSPS) is 14.0. The van der Waals surface area contributed by atoms with Crippen LogP contribution in [0.25, 0.3) is 0 Å². The quantitative estimate of drug-likeness (QED) is 0.283. The first kappa shape index (κ1) is 32.3. The number of rotatable bonds is 9. The largest absolute Gasteiger partial charge is 0.494 e. The highest BCUT2D eigenvalue weighted by Gasteiger charge is 2.38. The molecular formula is C29H31F3N2O7S. The Morgan fingerprint density at radius 3 is 2.10 bits per heavy atom. The fourth-order valence-corrected chi connectivity index (χ4v) is 5.52. The molecule has 0 saturated carbocycles. The van der Waals surface area contributed by atoms with Crippen LogP contribution < -0.4 is 14.4 Å². The van der Waals surface area contributed by atoms with Gasteiger partial charge in [-0.25, -0.2) is 18.0 Å². The van der Waals surface area contributed by atoms with E-state index in [0.29, 0.717) is 24.0 Å². The summed E-state index contributed by atoms with van der Waals surface area (Å²) in [6, 6.07) is 21.2. The first-order valence-corrected chi connectivity index (χ1v) is 14.5. The maximum absolute atomic E-state index is 12.8. The average molecular weight is 609 g/mol. The molecule has 0 bridgehead atoms. The van der Waals surface area contributed by atoms with Gasteiger partial charge in [-0.3, -0.25) is 4.72 Å². The van der Waals surface area contributed by atoms with Crippen LogP contribution in [0.15, 0.2) is 77.7 Å². The number of hydrogen-bond donors (Lipinski definition) is 3. The third-order valence-electron chi connectivity index (χ3n) is 6.49. The van der Waals surface area contributed by atoms with E-state index >= 15 is 0 Å². The molecule has 0 radical (unpaired) electrons. The molecular weight excluding hydrogens is 577 g/mol. The molecule has 13 heteroatoms. The molecule has 1 aliphatic rings. The molecule has 226 valence electrons. The number of carboxylic acids is 2. The maximum atomic E-state index is 12.8. The summed E-state index contributed by atoms with van der Waals surface area (Å²) in [6.07, 6.45) is -2.12. The van der Waals surface area contributed by atoms with Crippen molar-refractivity contribution in [1.82, 2.24) is 0 Å². The highest BCUT2D eigenvalue weighted by Crippen LogP contribution is 2.31. The average Bonchev–Trinajstić information content (AvgIpc) is 2.94. The second-order valence-corrected chi connectivity index (χ2v) is 11.2. The molecule has 4 rings (SSSR count). The van der Waals surface area contributed by atoms with Crippen molar-refractivity contribution in [2.75, 3.05) is 29.3 Å².